The summed E-state index contributed by atoms with van der Waals surface area (Å²) in [5.41, 5.74) is 6.43. The van der Waals surface area contributed by atoms with Gasteiger partial charge in [0, 0.05) is 18.2 Å². The third-order valence-electron chi connectivity index (χ3n) is 4.34. The molecule has 1 saturated heterocycles. The van der Waals surface area contributed by atoms with Crippen LogP contribution in [0.4, 0.5) is 0 Å². The van der Waals surface area contributed by atoms with Crippen LogP contribution >= 0.6 is 0 Å². The second-order valence-electron chi connectivity index (χ2n) is 6.08. The molecule has 3 rings (SSSR count). The quantitative estimate of drug-likeness (QED) is 0.943. The van der Waals surface area contributed by atoms with E-state index in [-0.39, 0.29) is 11.9 Å². The molecule has 2 aromatic carbocycles. The number of hydrogen-bond acceptors (Lipinski definition) is 3. The minimum absolute atomic E-state index is 0.0692. The Bertz CT molecular complexity index is 655. The highest BCUT2D eigenvalue weighted by Crippen LogP contribution is 2.26. The number of rotatable bonds is 4. The average Bonchev–Trinajstić information content (AvgIpc) is 2.97. The summed E-state index contributed by atoms with van der Waals surface area (Å²) >= 11 is 0. The van der Waals surface area contributed by atoms with E-state index in [0.29, 0.717) is 18.0 Å². The summed E-state index contributed by atoms with van der Waals surface area (Å²) in [6.07, 6.45) is 0.984. The Balaban J connectivity index is 1.68. The molecular formula is C19H22N2O2. The Kier molecular flexibility index (Phi) is 4.63. The molecular weight excluding hydrogens is 288 g/mol. The lowest BCUT2D eigenvalue weighted by Gasteiger charge is -2.21. The van der Waals surface area contributed by atoms with Crippen LogP contribution in [0, 0.1) is 5.92 Å². The second-order valence-corrected chi connectivity index (χ2v) is 6.08. The maximum Gasteiger partial charge on any atom is 0.254 e. The summed E-state index contributed by atoms with van der Waals surface area (Å²) in [6, 6.07) is 17.2. The van der Waals surface area contributed by atoms with E-state index in [1.54, 1.807) is 0 Å². The van der Waals surface area contributed by atoms with Gasteiger partial charge in [0.05, 0.1) is 0 Å². The molecule has 0 radical (unpaired) electrons. The summed E-state index contributed by atoms with van der Waals surface area (Å²) in [7, 11) is 0. The van der Waals surface area contributed by atoms with Crippen molar-refractivity contribution < 1.29 is 9.53 Å². The number of para-hydroxylation sites is 1. The molecule has 1 aliphatic heterocycles. The first kappa shape index (κ1) is 15.6. The summed E-state index contributed by atoms with van der Waals surface area (Å²) in [6.45, 7) is 3.47. The van der Waals surface area contributed by atoms with Gasteiger partial charge in [0.15, 0.2) is 0 Å². The zero-order valence-corrected chi connectivity index (χ0v) is 13.3. The lowest BCUT2D eigenvalue weighted by atomic mass is 10.1. The number of carbonyl (C=O) groups excluding carboxylic acids is 1. The number of hydrogen-bond donors (Lipinski definition) is 1. The lowest BCUT2D eigenvalue weighted by molar-refractivity contribution is 0.0743. The van der Waals surface area contributed by atoms with E-state index >= 15 is 0 Å². The minimum Gasteiger partial charge on any atom is -0.457 e. The maximum absolute atomic E-state index is 12.6. The Morgan fingerprint density at radius 1 is 1.13 bits per heavy atom. The predicted molar refractivity (Wildman–Crippen MR) is 90.6 cm³/mol. The normalized spacial score (nSPS) is 20.5. The summed E-state index contributed by atoms with van der Waals surface area (Å²) in [5, 5.41) is 0. The maximum atomic E-state index is 12.6. The van der Waals surface area contributed by atoms with Crippen LogP contribution in [0.25, 0.3) is 0 Å². The zero-order chi connectivity index (χ0) is 16.2. The molecule has 4 nitrogen and oxygen atoms in total. The van der Waals surface area contributed by atoms with Gasteiger partial charge >= 0.3 is 0 Å². The van der Waals surface area contributed by atoms with Gasteiger partial charge in [-0.05, 0) is 62.2 Å². The second kappa shape index (κ2) is 6.84. The third kappa shape index (κ3) is 3.54. The van der Waals surface area contributed by atoms with Crippen molar-refractivity contribution in [3.05, 3.63) is 60.2 Å². The van der Waals surface area contributed by atoms with E-state index in [1.807, 2.05) is 59.5 Å². The van der Waals surface area contributed by atoms with Crippen molar-refractivity contribution in [2.24, 2.45) is 11.7 Å². The van der Waals surface area contributed by atoms with Crippen LogP contribution in [0.1, 0.15) is 23.7 Å². The SMILES string of the molecule is CC1CC(CN)CN1C(=O)c1ccc(Oc2ccccc2)cc1. The fourth-order valence-electron chi connectivity index (χ4n) is 3.05. The Morgan fingerprint density at radius 3 is 2.39 bits per heavy atom. The molecule has 1 aliphatic rings. The van der Waals surface area contributed by atoms with Crippen LogP contribution in [0.2, 0.25) is 0 Å². The van der Waals surface area contributed by atoms with E-state index in [1.165, 1.54) is 0 Å². The van der Waals surface area contributed by atoms with Gasteiger partial charge in [-0.2, -0.15) is 0 Å². The molecule has 0 saturated carbocycles. The van der Waals surface area contributed by atoms with Gasteiger partial charge in [-0.15, -0.1) is 0 Å². The van der Waals surface area contributed by atoms with Crippen molar-refractivity contribution in [1.82, 2.24) is 4.90 Å². The Morgan fingerprint density at radius 2 is 1.78 bits per heavy atom. The molecule has 0 bridgehead atoms. The van der Waals surface area contributed by atoms with Crippen LogP contribution in [-0.2, 0) is 0 Å². The average molecular weight is 310 g/mol. The van der Waals surface area contributed by atoms with Gasteiger partial charge in [0.25, 0.3) is 5.91 Å². The lowest BCUT2D eigenvalue weighted by Crippen LogP contribution is -2.34. The van der Waals surface area contributed by atoms with Gasteiger partial charge in [-0.25, -0.2) is 0 Å². The standard InChI is InChI=1S/C19H22N2O2/c1-14-11-15(12-20)13-21(14)19(22)16-7-9-18(10-8-16)23-17-5-3-2-4-6-17/h2-10,14-15H,11-13,20H2,1H3. The summed E-state index contributed by atoms with van der Waals surface area (Å²) < 4.78 is 5.75. The number of likely N-dealkylation sites (tertiary alicyclic amines) is 1. The minimum atomic E-state index is 0.0692. The highest BCUT2D eigenvalue weighted by atomic mass is 16.5. The van der Waals surface area contributed by atoms with Gasteiger partial charge < -0.3 is 15.4 Å². The molecule has 1 fully saturated rings. The highest BCUT2D eigenvalue weighted by Gasteiger charge is 2.31. The zero-order valence-electron chi connectivity index (χ0n) is 13.3. The molecule has 0 aliphatic carbocycles. The monoisotopic (exact) mass is 310 g/mol. The van der Waals surface area contributed by atoms with Crippen molar-refractivity contribution in [2.75, 3.05) is 13.1 Å². The fraction of sp³-hybridized carbons (Fsp3) is 0.316. The highest BCUT2D eigenvalue weighted by molar-refractivity contribution is 5.94. The van der Waals surface area contributed by atoms with Gasteiger partial charge in [-0.1, -0.05) is 18.2 Å². The molecule has 0 spiro atoms. The Labute approximate surface area is 136 Å². The van der Waals surface area contributed by atoms with Crippen molar-refractivity contribution in [3.63, 3.8) is 0 Å². The largest absolute Gasteiger partial charge is 0.457 e. The molecule has 4 heteroatoms. The van der Waals surface area contributed by atoms with Crippen LogP contribution in [0.15, 0.2) is 54.6 Å². The van der Waals surface area contributed by atoms with Crippen molar-refractivity contribution in [2.45, 2.75) is 19.4 Å². The number of amides is 1. The van der Waals surface area contributed by atoms with Gasteiger partial charge in [-0.3, -0.25) is 4.79 Å². The van der Waals surface area contributed by atoms with Crippen LogP contribution in [-0.4, -0.2) is 29.9 Å². The number of nitrogens with two attached hydrogens (primary N) is 1. The third-order valence-corrected chi connectivity index (χ3v) is 4.34. The Hall–Kier alpha value is -2.33. The number of benzene rings is 2. The van der Waals surface area contributed by atoms with Crippen LogP contribution < -0.4 is 10.5 Å². The van der Waals surface area contributed by atoms with Gasteiger partial charge in [0.1, 0.15) is 11.5 Å². The number of nitrogens with zero attached hydrogens (tertiary/aromatic N) is 1. The van der Waals surface area contributed by atoms with Crippen molar-refractivity contribution in [1.29, 1.82) is 0 Å². The molecule has 2 atom stereocenters. The molecule has 1 heterocycles. The molecule has 0 aromatic heterocycles. The van der Waals surface area contributed by atoms with Crippen LogP contribution in [0.5, 0.6) is 11.5 Å². The first-order chi connectivity index (χ1) is 11.2. The predicted octanol–water partition coefficient (Wildman–Crippen LogP) is 3.29. The molecule has 2 aromatic rings. The van der Waals surface area contributed by atoms with E-state index in [9.17, 15) is 4.79 Å². The number of carbonyl (C=O) groups is 1. The number of ether oxygens (including phenoxy) is 1. The first-order valence-electron chi connectivity index (χ1n) is 8.01. The molecule has 1 amide bonds. The fourth-order valence-corrected chi connectivity index (χ4v) is 3.05. The van der Waals surface area contributed by atoms with Gasteiger partial charge in [0.2, 0.25) is 0 Å². The molecule has 2 unspecified atom stereocenters. The van der Waals surface area contributed by atoms with E-state index in [0.717, 1.165) is 24.5 Å². The molecule has 23 heavy (non-hydrogen) atoms. The topological polar surface area (TPSA) is 55.6 Å². The van der Waals surface area contributed by atoms with E-state index in [4.69, 9.17) is 10.5 Å². The van der Waals surface area contributed by atoms with E-state index in [2.05, 4.69) is 6.92 Å². The summed E-state index contributed by atoms with van der Waals surface area (Å²) in [5.74, 6) is 1.99. The van der Waals surface area contributed by atoms with Crippen molar-refractivity contribution in [3.8, 4) is 11.5 Å². The summed E-state index contributed by atoms with van der Waals surface area (Å²) in [4.78, 5) is 14.6. The van der Waals surface area contributed by atoms with Crippen LogP contribution in [0.3, 0.4) is 0 Å². The first-order valence-corrected chi connectivity index (χ1v) is 8.01. The molecule has 120 valence electrons. The van der Waals surface area contributed by atoms with Crippen molar-refractivity contribution >= 4 is 5.91 Å². The molecule has 2 N–H and O–H groups in total. The smallest absolute Gasteiger partial charge is 0.254 e. The van der Waals surface area contributed by atoms with E-state index < -0.39 is 0 Å².